The van der Waals surface area contributed by atoms with Crippen molar-refractivity contribution in [2.24, 2.45) is 0 Å². The lowest BCUT2D eigenvalue weighted by Gasteiger charge is -2.06. The van der Waals surface area contributed by atoms with Crippen LogP contribution in [0.2, 0.25) is 5.02 Å². The Balaban J connectivity index is 2.22. The van der Waals surface area contributed by atoms with Gasteiger partial charge in [0.25, 0.3) is 5.91 Å². The molecule has 0 saturated heterocycles. The zero-order valence-electron chi connectivity index (χ0n) is 9.08. The van der Waals surface area contributed by atoms with Crippen molar-refractivity contribution in [1.29, 1.82) is 0 Å². The van der Waals surface area contributed by atoms with Crippen LogP contribution in [0.1, 0.15) is 10.4 Å². The van der Waals surface area contributed by atoms with E-state index in [2.05, 4.69) is 21.2 Å². The minimum Gasteiger partial charge on any atom is -0.322 e. The Morgan fingerprint density at radius 3 is 2.67 bits per heavy atom. The van der Waals surface area contributed by atoms with Gasteiger partial charge in [0.15, 0.2) is 0 Å². The van der Waals surface area contributed by atoms with Crippen LogP contribution in [0.3, 0.4) is 0 Å². The van der Waals surface area contributed by atoms with Crippen LogP contribution < -0.4 is 5.32 Å². The van der Waals surface area contributed by atoms with Gasteiger partial charge in [-0.25, -0.2) is 4.39 Å². The van der Waals surface area contributed by atoms with E-state index < -0.39 is 11.7 Å². The van der Waals surface area contributed by atoms with Crippen molar-refractivity contribution in [3.63, 3.8) is 0 Å². The summed E-state index contributed by atoms with van der Waals surface area (Å²) in [6, 6.07) is 10.9. The van der Waals surface area contributed by atoms with E-state index in [1.807, 2.05) is 0 Å². The van der Waals surface area contributed by atoms with Crippen LogP contribution in [0.25, 0.3) is 0 Å². The molecule has 0 atom stereocenters. The molecule has 0 saturated carbocycles. The van der Waals surface area contributed by atoms with E-state index in [4.69, 9.17) is 11.6 Å². The van der Waals surface area contributed by atoms with Gasteiger partial charge in [-0.3, -0.25) is 4.79 Å². The van der Waals surface area contributed by atoms with Gasteiger partial charge in [0.2, 0.25) is 0 Å². The number of anilines is 1. The number of halogens is 3. The maximum Gasteiger partial charge on any atom is 0.258 e. The average Bonchev–Trinajstić information content (AvgIpc) is 2.28. The van der Waals surface area contributed by atoms with Crippen molar-refractivity contribution in [1.82, 2.24) is 0 Å². The molecule has 1 amide bonds. The number of nitrogens with one attached hydrogen (secondary N) is 1. The molecule has 0 radical (unpaired) electrons. The number of hydrogen-bond acceptors (Lipinski definition) is 1. The second-order valence-electron chi connectivity index (χ2n) is 3.59. The van der Waals surface area contributed by atoms with Gasteiger partial charge in [-0.15, -0.1) is 0 Å². The topological polar surface area (TPSA) is 29.1 Å². The summed E-state index contributed by atoms with van der Waals surface area (Å²) in [5.41, 5.74) is 0.507. The molecule has 2 rings (SSSR count). The molecule has 2 aromatic rings. The normalized spacial score (nSPS) is 10.2. The van der Waals surface area contributed by atoms with E-state index >= 15 is 0 Å². The third-order valence-electron chi connectivity index (χ3n) is 2.26. The van der Waals surface area contributed by atoms with Crippen LogP contribution in [-0.4, -0.2) is 5.91 Å². The standard InChI is InChI=1S/C13H8BrClFNO/c14-8-4-5-11(12(16)6-8)13(18)17-10-3-1-2-9(15)7-10/h1-7H,(H,17,18). The molecule has 92 valence electrons. The molecule has 0 aliphatic heterocycles. The fraction of sp³-hybridized carbons (Fsp3) is 0. The molecule has 0 heterocycles. The molecule has 0 unspecified atom stereocenters. The predicted molar refractivity (Wildman–Crippen MR) is 73.5 cm³/mol. The monoisotopic (exact) mass is 327 g/mol. The van der Waals surface area contributed by atoms with E-state index in [1.54, 1.807) is 30.3 Å². The lowest BCUT2D eigenvalue weighted by atomic mass is 10.2. The Kier molecular flexibility index (Phi) is 3.99. The summed E-state index contributed by atoms with van der Waals surface area (Å²) in [7, 11) is 0. The Bertz CT molecular complexity index is 603. The van der Waals surface area contributed by atoms with Gasteiger partial charge in [0.1, 0.15) is 5.82 Å². The quantitative estimate of drug-likeness (QED) is 0.864. The first-order chi connectivity index (χ1) is 8.56. The highest BCUT2D eigenvalue weighted by atomic mass is 79.9. The Morgan fingerprint density at radius 2 is 2.00 bits per heavy atom. The summed E-state index contributed by atoms with van der Waals surface area (Å²) in [6.07, 6.45) is 0. The molecule has 1 N–H and O–H groups in total. The third-order valence-corrected chi connectivity index (χ3v) is 2.99. The van der Waals surface area contributed by atoms with Gasteiger partial charge in [0.05, 0.1) is 5.56 Å². The molecule has 5 heteroatoms. The van der Waals surface area contributed by atoms with Crippen molar-refractivity contribution in [3.05, 3.63) is 63.3 Å². The molecule has 0 aliphatic rings. The van der Waals surface area contributed by atoms with Crippen LogP contribution in [-0.2, 0) is 0 Å². The maximum atomic E-state index is 13.6. The van der Waals surface area contributed by atoms with Crippen LogP contribution in [0.5, 0.6) is 0 Å². The highest BCUT2D eigenvalue weighted by Crippen LogP contribution is 2.18. The molecule has 0 aromatic heterocycles. The molecular formula is C13H8BrClFNO. The predicted octanol–water partition coefficient (Wildman–Crippen LogP) is 4.49. The van der Waals surface area contributed by atoms with Crippen LogP contribution >= 0.6 is 27.5 Å². The van der Waals surface area contributed by atoms with Crippen molar-refractivity contribution < 1.29 is 9.18 Å². The average molecular weight is 329 g/mol. The highest BCUT2D eigenvalue weighted by Gasteiger charge is 2.12. The third kappa shape index (κ3) is 3.09. The Morgan fingerprint density at radius 1 is 1.22 bits per heavy atom. The summed E-state index contributed by atoms with van der Waals surface area (Å²) in [6.45, 7) is 0. The van der Waals surface area contributed by atoms with E-state index in [9.17, 15) is 9.18 Å². The largest absolute Gasteiger partial charge is 0.322 e. The first kappa shape index (κ1) is 13.1. The lowest BCUT2D eigenvalue weighted by Crippen LogP contribution is -2.13. The summed E-state index contributed by atoms with van der Waals surface area (Å²) >= 11 is 8.93. The van der Waals surface area contributed by atoms with Crippen LogP contribution in [0, 0.1) is 5.82 Å². The van der Waals surface area contributed by atoms with E-state index in [1.165, 1.54) is 12.1 Å². The molecule has 2 nitrogen and oxygen atoms in total. The maximum absolute atomic E-state index is 13.6. The minimum atomic E-state index is -0.580. The number of hydrogen-bond donors (Lipinski definition) is 1. The molecule has 0 bridgehead atoms. The summed E-state index contributed by atoms with van der Waals surface area (Å²) < 4.78 is 14.1. The van der Waals surface area contributed by atoms with Crippen molar-refractivity contribution in [3.8, 4) is 0 Å². The van der Waals surface area contributed by atoms with E-state index in [0.717, 1.165) is 0 Å². The second-order valence-corrected chi connectivity index (χ2v) is 4.94. The molecule has 18 heavy (non-hydrogen) atoms. The first-order valence-corrected chi connectivity index (χ1v) is 6.25. The molecule has 0 spiro atoms. The van der Waals surface area contributed by atoms with Crippen molar-refractivity contribution in [2.75, 3.05) is 5.32 Å². The number of carbonyl (C=O) groups is 1. The highest BCUT2D eigenvalue weighted by molar-refractivity contribution is 9.10. The van der Waals surface area contributed by atoms with E-state index in [-0.39, 0.29) is 5.56 Å². The van der Waals surface area contributed by atoms with Gasteiger partial charge in [-0.05, 0) is 36.4 Å². The zero-order valence-corrected chi connectivity index (χ0v) is 11.4. The number of benzene rings is 2. The van der Waals surface area contributed by atoms with Crippen LogP contribution in [0.4, 0.5) is 10.1 Å². The number of amides is 1. The van der Waals surface area contributed by atoms with Gasteiger partial charge in [-0.2, -0.15) is 0 Å². The summed E-state index contributed by atoms with van der Waals surface area (Å²) in [4.78, 5) is 11.8. The summed E-state index contributed by atoms with van der Waals surface area (Å²) in [5.74, 6) is -1.09. The van der Waals surface area contributed by atoms with Crippen molar-refractivity contribution in [2.45, 2.75) is 0 Å². The lowest BCUT2D eigenvalue weighted by molar-refractivity contribution is 0.102. The van der Waals surface area contributed by atoms with Gasteiger partial charge < -0.3 is 5.32 Å². The molecule has 0 aliphatic carbocycles. The fourth-order valence-electron chi connectivity index (χ4n) is 1.44. The van der Waals surface area contributed by atoms with Gasteiger partial charge in [0, 0.05) is 15.2 Å². The van der Waals surface area contributed by atoms with Crippen molar-refractivity contribution >= 4 is 39.1 Å². The number of rotatable bonds is 2. The first-order valence-electron chi connectivity index (χ1n) is 5.08. The Hall–Kier alpha value is -1.39. The van der Waals surface area contributed by atoms with Gasteiger partial charge >= 0.3 is 0 Å². The zero-order chi connectivity index (χ0) is 13.1. The SMILES string of the molecule is O=C(Nc1cccc(Cl)c1)c1ccc(Br)cc1F. The summed E-state index contributed by atoms with van der Waals surface area (Å²) in [5, 5.41) is 3.08. The van der Waals surface area contributed by atoms with Crippen LogP contribution in [0.15, 0.2) is 46.9 Å². The van der Waals surface area contributed by atoms with E-state index in [0.29, 0.717) is 15.2 Å². The molecular weight excluding hydrogens is 321 g/mol. The Labute approximate surface area is 117 Å². The minimum absolute atomic E-state index is 0.0156. The molecule has 2 aromatic carbocycles. The van der Waals surface area contributed by atoms with Gasteiger partial charge in [-0.1, -0.05) is 33.6 Å². The smallest absolute Gasteiger partial charge is 0.258 e. The fourth-order valence-corrected chi connectivity index (χ4v) is 1.96. The molecule has 0 fully saturated rings. The number of carbonyl (C=O) groups excluding carboxylic acids is 1. The second kappa shape index (κ2) is 5.50.